The minimum Gasteiger partial charge on any atom is -0.325 e. The second-order valence-corrected chi connectivity index (χ2v) is 11.5. The number of fused-ring (bicyclic) bond motifs is 1. The zero-order valence-electron chi connectivity index (χ0n) is 21.5. The number of nitrogens with zero attached hydrogens (tertiary/aromatic N) is 2. The van der Waals surface area contributed by atoms with Crippen molar-refractivity contribution in [1.82, 2.24) is 4.98 Å². The molecule has 2 heterocycles. The summed E-state index contributed by atoms with van der Waals surface area (Å²) in [5, 5.41) is 4.68. The van der Waals surface area contributed by atoms with Gasteiger partial charge >= 0.3 is 0 Å². The van der Waals surface area contributed by atoms with Crippen molar-refractivity contribution in [2.75, 3.05) is 16.0 Å². The molecule has 1 N–H and O–H groups in total. The molecule has 1 aromatic heterocycles. The number of benzene rings is 4. The molecule has 194 valence electrons. The lowest BCUT2D eigenvalue weighted by atomic mass is 9.94. The van der Waals surface area contributed by atoms with Gasteiger partial charge in [-0.2, -0.15) is 0 Å². The largest absolute Gasteiger partial charge is 0.325 e. The molecule has 0 bridgehead atoms. The van der Waals surface area contributed by atoms with Gasteiger partial charge in [0.2, 0.25) is 5.91 Å². The summed E-state index contributed by atoms with van der Waals surface area (Å²) in [6.45, 7) is 4.16. The molecule has 6 nitrogen and oxygen atoms in total. The molecular weight excluding hydrogens is 526 g/mol. The van der Waals surface area contributed by atoms with Crippen LogP contribution in [0.5, 0.6) is 0 Å². The highest BCUT2D eigenvalue weighted by atomic mass is 32.2. The Morgan fingerprint density at radius 1 is 0.897 bits per heavy atom. The minimum atomic E-state index is -0.335. The van der Waals surface area contributed by atoms with Gasteiger partial charge in [0, 0.05) is 22.2 Å². The van der Waals surface area contributed by atoms with Crippen molar-refractivity contribution in [3.8, 4) is 0 Å². The maximum Gasteiger partial charge on any atom is 0.265 e. The van der Waals surface area contributed by atoms with Crippen molar-refractivity contribution in [3.63, 3.8) is 0 Å². The van der Waals surface area contributed by atoms with Crippen LogP contribution in [0.1, 0.15) is 45.7 Å². The standard InChI is InChI=1S/C31H25N3O3S2/c1-3-18-8-5-9-19(4-2)28(18)33-26(35)17-38-31-32-24-15-14-21(16-25(24)39-31)34-29(36)22-12-6-10-20-11-7-13-23(27(20)22)30(34)37/h5-16H,3-4,17H2,1-2H3,(H,33,35). The molecule has 1 aliphatic rings. The van der Waals surface area contributed by atoms with Crippen LogP contribution < -0.4 is 10.2 Å². The lowest BCUT2D eigenvalue weighted by Crippen LogP contribution is -2.40. The van der Waals surface area contributed by atoms with E-state index < -0.39 is 0 Å². The third-order valence-electron chi connectivity index (χ3n) is 6.97. The highest BCUT2D eigenvalue weighted by molar-refractivity contribution is 8.01. The Morgan fingerprint density at radius 2 is 1.54 bits per heavy atom. The monoisotopic (exact) mass is 551 g/mol. The molecule has 0 unspecified atom stereocenters. The zero-order chi connectivity index (χ0) is 27.1. The first-order valence-electron chi connectivity index (χ1n) is 12.8. The van der Waals surface area contributed by atoms with Crippen LogP contribution in [-0.2, 0) is 17.6 Å². The van der Waals surface area contributed by atoms with Gasteiger partial charge in [0.25, 0.3) is 11.8 Å². The fourth-order valence-electron chi connectivity index (χ4n) is 5.06. The third-order valence-corrected chi connectivity index (χ3v) is 9.13. The predicted octanol–water partition coefficient (Wildman–Crippen LogP) is 7.11. The number of imide groups is 1. The molecule has 1 aliphatic heterocycles. The predicted molar refractivity (Wildman–Crippen MR) is 159 cm³/mol. The van der Waals surface area contributed by atoms with Crippen LogP contribution in [0.15, 0.2) is 77.1 Å². The summed E-state index contributed by atoms with van der Waals surface area (Å²) >= 11 is 2.82. The van der Waals surface area contributed by atoms with Crippen molar-refractivity contribution in [2.24, 2.45) is 0 Å². The van der Waals surface area contributed by atoms with Gasteiger partial charge in [-0.15, -0.1) is 11.3 Å². The summed E-state index contributed by atoms with van der Waals surface area (Å²) in [6.07, 6.45) is 1.69. The number of aromatic nitrogens is 1. The van der Waals surface area contributed by atoms with Gasteiger partial charge in [-0.05, 0) is 59.7 Å². The summed E-state index contributed by atoms with van der Waals surface area (Å²) in [5.74, 6) is -0.512. The van der Waals surface area contributed by atoms with Gasteiger partial charge in [0.15, 0.2) is 4.34 Å². The topological polar surface area (TPSA) is 79.4 Å². The van der Waals surface area contributed by atoms with Crippen molar-refractivity contribution >= 4 is 73.2 Å². The Labute approximate surface area is 234 Å². The second kappa shape index (κ2) is 10.3. The average Bonchev–Trinajstić information content (AvgIpc) is 3.37. The van der Waals surface area contributed by atoms with Crippen molar-refractivity contribution in [1.29, 1.82) is 0 Å². The van der Waals surface area contributed by atoms with E-state index in [0.29, 0.717) is 22.2 Å². The van der Waals surface area contributed by atoms with E-state index in [1.54, 1.807) is 18.2 Å². The first-order valence-corrected chi connectivity index (χ1v) is 14.6. The number of hydrogen-bond donors (Lipinski definition) is 1. The Bertz CT molecular complexity index is 1720. The number of rotatable bonds is 7. The van der Waals surface area contributed by atoms with Crippen LogP contribution in [0.4, 0.5) is 11.4 Å². The van der Waals surface area contributed by atoms with E-state index in [1.807, 2.05) is 54.6 Å². The van der Waals surface area contributed by atoms with Crippen molar-refractivity contribution < 1.29 is 14.4 Å². The molecule has 0 radical (unpaired) electrons. The van der Waals surface area contributed by atoms with E-state index in [2.05, 4.69) is 24.1 Å². The highest BCUT2D eigenvalue weighted by Crippen LogP contribution is 2.36. The van der Waals surface area contributed by atoms with Crippen molar-refractivity contribution in [2.45, 2.75) is 31.0 Å². The summed E-state index contributed by atoms with van der Waals surface area (Å²) in [7, 11) is 0. The first-order chi connectivity index (χ1) is 19.0. The lowest BCUT2D eigenvalue weighted by molar-refractivity contribution is -0.113. The third kappa shape index (κ3) is 4.49. The van der Waals surface area contributed by atoms with E-state index in [9.17, 15) is 14.4 Å². The highest BCUT2D eigenvalue weighted by Gasteiger charge is 2.34. The van der Waals surface area contributed by atoms with Crippen LogP contribution in [0, 0.1) is 0 Å². The zero-order valence-corrected chi connectivity index (χ0v) is 23.1. The molecule has 3 amide bonds. The fraction of sp³-hybridized carbons (Fsp3) is 0.161. The summed E-state index contributed by atoms with van der Waals surface area (Å²) in [4.78, 5) is 45.6. The lowest BCUT2D eigenvalue weighted by Gasteiger charge is -2.27. The van der Waals surface area contributed by atoms with Gasteiger partial charge in [-0.1, -0.05) is 68.1 Å². The average molecular weight is 552 g/mol. The number of thiazole rings is 1. The number of anilines is 2. The SMILES string of the molecule is CCc1cccc(CC)c1NC(=O)CSc1nc2ccc(N3C(=O)c4cccc5cccc(c45)C3=O)cc2s1. The quantitative estimate of drug-likeness (QED) is 0.172. The van der Waals surface area contributed by atoms with Gasteiger partial charge in [0.1, 0.15) is 0 Å². The number of carbonyl (C=O) groups excluding carboxylic acids is 3. The number of aryl methyl sites for hydroxylation is 2. The fourth-order valence-corrected chi connectivity index (χ4v) is 6.97. The van der Waals surface area contributed by atoms with Crippen LogP contribution >= 0.6 is 23.1 Å². The van der Waals surface area contributed by atoms with Crippen LogP contribution in [0.25, 0.3) is 21.0 Å². The van der Waals surface area contributed by atoms with E-state index in [4.69, 9.17) is 0 Å². The number of hydrogen-bond acceptors (Lipinski definition) is 6. The number of nitrogens with one attached hydrogen (secondary N) is 1. The molecule has 0 saturated heterocycles. The number of carbonyl (C=O) groups is 3. The van der Waals surface area contributed by atoms with Crippen molar-refractivity contribution in [3.05, 3.63) is 95.1 Å². The Morgan fingerprint density at radius 3 is 2.18 bits per heavy atom. The van der Waals surface area contributed by atoms with Gasteiger partial charge in [-0.3, -0.25) is 14.4 Å². The smallest absolute Gasteiger partial charge is 0.265 e. The maximum absolute atomic E-state index is 13.4. The van der Waals surface area contributed by atoms with E-state index >= 15 is 0 Å². The molecule has 5 aromatic rings. The minimum absolute atomic E-state index is 0.0760. The van der Waals surface area contributed by atoms with Crippen LogP contribution in [-0.4, -0.2) is 28.5 Å². The molecular formula is C31H25N3O3S2. The van der Waals surface area contributed by atoms with Gasteiger partial charge < -0.3 is 5.32 Å². The molecule has 0 saturated carbocycles. The Balaban J connectivity index is 1.22. The molecule has 6 rings (SSSR count). The van der Waals surface area contributed by atoms with E-state index in [1.165, 1.54) is 28.0 Å². The number of para-hydroxylation sites is 1. The molecule has 8 heteroatoms. The van der Waals surface area contributed by atoms with Crippen LogP contribution in [0.3, 0.4) is 0 Å². The Kier molecular flexibility index (Phi) is 6.66. The second-order valence-electron chi connectivity index (χ2n) is 9.28. The normalized spacial score (nSPS) is 12.9. The molecule has 39 heavy (non-hydrogen) atoms. The van der Waals surface area contributed by atoms with E-state index in [-0.39, 0.29) is 23.5 Å². The van der Waals surface area contributed by atoms with Gasteiger partial charge in [-0.25, -0.2) is 9.88 Å². The Hall–Kier alpha value is -4.01. The van der Waals surface area contributed by atoms with Gasteiger partial charge in [0.05, 0.1) is 21.7 Å². The summed E-state index contributed by atoms with van der Waals surface area (Å²) in [5.41, 5.74) is 5.47. The maximum atomic E-state index is 13.4. The molecule has 0 fully saturated rings. The number of amides is 3. The summed E-state index contributed by atoms with van der Waals surface area (Å²) in [6, 6.07) is 22.5. The molecule has 0 spiro atoms. The molecule has 0 aliphatic carbocycles. The summed E-state index contributed by atoms with van der Waals surface area (Å²) < 4.78 is 1.60. The first kappa shape index (κ1) is 25.3. The van der Waals surface area contributed by atoms with E-state index in [0.717, 1.165) is 49.6 Å². The molecule has 0 atom stereocenters. The number of thioether (sulfide) groups is 1. The molecule has 4 aromatic carbocycles. The van der Waals surface area contributed by atoms with Crippen LogP contribution in [0.2, 0.25) is 0 Å².